The van der Waals surface area contributed by atoms with Crippen molar-refractivity contribution in [3.05, 3.63) is 29.3 Å². The highest BCUT2D eigenvalue weighted by Gasteiger charge is 2.40. The van der Waals surface area contributed by atoms with Crippen LogP contribution in [0.15, 0.2) is 18.2 Å². The van der Waals surface area contributed by atoms with Crippen molar-refractivity contribution in [2.45, 2.75) is 102 Å². The average molecular weight is 586 g/mol. The van der Waals surface area contributed by atoms with Crippen LogP contribution in [0, 0.1) is 0 Å². The molecule has 0 spiro atoms. The van der Waals surface area contributed by atoms with Crippen LogP contribution in [0.2, 0.25) is 0 Å². The molecule has 1 saturated heterocycles. The van der Waals surface area contributed by atoms with Gasteiger partial charge in [0, 0.05) is 55.0 Å². The molecular weight excluding hydrogens is 542 g/mol. The van der Waals surface area contributed by atoms with Crippen LogP contribution in [0.4, 0.5) is 10.5 Å². The molecule has 2 fully saturated rings. The van der Waals surface area contributed by atoms with Gasteiger partial charge in [0.1, 0.15) is 11.6 Å². The van der Waals surface area contributed by atoms with Gasteiger partial charge in [-0.05, 0) is 71.4 Å². The van der Waals surface area contributed by atoms with Crippen molar-refractivity contribution in [2.75, 3.05) is 25.1 Å². The molecule has 12 heteroatoms. The number of carbonyl (C=O) groups excluding carboxylic acids is 5. The molecule has 1 atom stereocenters. The first-order valence-electron chi connectivity index (χ1n) is 14.8. The zero-order valence-corrected chi connectivity index (χ0v) is 24.8. The summed E-state index contributed by atoms with van der Waals surface area (Å²) in [6.45, 7) is 6.81. The largest absolute Gasteiger partial charge is 0.444 e. The molecule has 2 heterocycles. The molecule has 4 N–H and O–H groups in total. The first-order chi connectivity index (χ1) is 19.9. The van der Waals surface area contributed by atoms with Gasteiger partial charge in [-0.1, -0.05) is 6.07 Å². The van der Waals surface area contributed by atoms with Crippen molar-refractivity contribution < 1.29 is 33.4 Å². The van der Waals surface area contributed by atoms with E-state index < -0.39 is 17.6 Å². The van der Waals surface area contributed by atoms with Crippen LogP contribution in [0.5, 0.6) is 0 Å². The Hall–Kier alpha value is -3.51. The topological polar surface area (TPSA) is 160 Å². The highest BCUT2D eigenvalue weighted by atomic mass is 16.6. The Kier molecular flexibility index (Phi) is 10.2. The number of nitrogens with one attached hydrogen (secondary N) is 2. The summed E-state index contributed by atoms with van der Waals surface area (Å²) in [7, 11) is 0. The summed E-state index contributed by atoms with van der Waals surface area (Å²) in [6, 6.07) is 4.63. The maximum atomic E-state index is 13.0. The Bertz CT molecular complexity index is 1190. The Labute approximate surface area is 246 Å². The molecule has 1 unspecified atom stereocenters. The normalized spacial score (nSPS) is 22.4. The van der Waals surface area contributed by atoms with Gasteiger partial charge in [-0.25, -0.2) is 4.79 Å². The molecule has 4 rings (SSSR count). The molecule has 1 saturated carbocycles. The molecule has 3 aliphatic rings. The zero-order chi connectivity index (χ0) is 30.4. The van der Waals surface area contributed by atoms with Crippen molar-refractivity contribution in [1.82, 2.24) is 15.1 Å². The predicted octanol–water partition coefficient (Wildman–Crippen LogP) is 2.69. The van der Waals surface area contributed by atoms with Crippen LogP contribution in [0.25, 0.3) is 0 Å². The molecule has 2 aliphatic heterocycles. The van der Waals surface area contributed by atoms with E-state index in [2.05, 4.69) is 10.6 Å². The number of benzene rings is 1. The smallest absolute Gasteiger partial charge is 0.410 e. The second kappa shape index (κ2) is 13.6. The molecule has 42 heavy (non-hydrogen) atoms. The lowest BCUT2D eigenvalue weighted by Gasteiger charge is -2.37. The Morgan fingerprint density at radius 2 is 1.83 bits per heavy atom. The number of fused-ring (bicyclic) bond motifs is 1. The molecule has 12 nitrogen and oxygen atoms in total. The van der Waals surface area contributed by atoms with Crippen molar-refractivity contribution in [1.29, 1.82) is 0 Å². The van der Waals surface area contributed by atoms with Crippen molar-refractivity contribution in [3.8, 4) is 0 Å². The number of rotatable bonds is 10. The van der Waals surface area contributed by atoms with Crippen LogP contribution in [-0.4, -0.2) is 83.0 Å². The summed E-state index contributed by atoms with van der Waals surface area (Å²) in [5.41, 5.74) is 7.06. The molecule has 1 aromatic rings. The quantitative estimate of drug-likeness (QED) is 0.279. The van der Waals surface area contributed by atoms with Gasteiger partial charge < -0.3 is 30.3 Å². The van der Waals surface area contributed by atoms with Gasteiger partial charge in [-0.3, -0.25) is 24.5 Å². The third-order valence-electron chi connectivity index (χ3n) is 7.83. The molecule has 5 amide bonds. The van der Waals surface area contributed by atoms with Crippen LogP contribution in [0.1, 0.15) is 88.1 Å². The molecular formula is C30H43N5O7. The van der Waals surface area contributed by atoms with E-state index in [0.717, 1.165) is 25.7 Å². The number of nitrogens with zero attached hydrogens (tertiary/aromatic N) is 2. The van der Waals surface area contributed by atoms with E-state index >= 15 is 0 Å². The van der Waals surface area contributed by atoms with Gasteiger partial charge >= 0.3 is 6.09 Å². The lowest BCUT2D eigenvalue weighted by atomic mass is 9.91. The van der Waals surface area contributed by atoms with Gasteiger partial charge in [0.05, 0.1) is 13.0 Å². The number of amides is 5. The molecule has 230 valence electrons. The third kappa shape index (κ3) is 8.07. The van der Waals surface area contributed by atoms with E-state index in [1.165, 1.54) is 4.90 Å². The summed E-state index contributed by atoms with van der Waals surface area (Å²) >= 11 is 0. The fourth-order valence-electron chi connectivity index (χ4n) is 5.68. The summed E-state index contributed by atoms with van der Waals surface area (Å²) < 4.78 is 11.3. The summed E-state index contributed by atoms with van der Waals surface area (Å²) in [4.78, 5) is 65.7. The van der Waals surface area contributed by atoms with E-state index in [1.807, 2.05) is 20.8 Å². The van der Waals surface area contributed by atoms with Crippen molar-refractivity contribution >= 4 is 35.4 Å². The summed E-state index contributed by atoms with van der Waals surface area (Å²) in [5.74, 6) is -1.38. The second-order valence-electron chi connectivity index (χ2n) is 12.2. The number of imide groups is 1. The average Bonchev–Trinajstić information content (AvgIpc) is 3.25. The SMILES string of the molecule is CC(C)(C)OC(=O)N(CCCOCCC(=O)Nc1cccc2c1CN(C1CCC(=O)NC1=O)C2=O)C1CCC(N)CC1. The number of nitrogens with two attached hydrogens (primary N) is 1. The van der Waals surface area contributed by atoms with E-state index in [-0.39, 0.29) is 68.3 Å². The van der Waals surface area contributed by atoms with Crippen molar-refractivity contribution in [2.24, 2.45) is 5.73 Å². The number of anilines is 1. The van der Waals surface area contributed by atoms with Crippen LogP contribution in [0.3, 0.4) is 0 Å². The molecule has 1 aliphatic carbocycles. The number of carbonyl (C=O) groups is 5. The fourth-order valence-corrected chi connectivity index (χ4v) is 5.68. The van der Waals surface area contributed by atoms with E-state index in [1.54, 1.807) is 23.1 Å². The minimum Gasteiger partial charge on any atom is -0.444 e. The third-order valence-corrected chi connectivity index (χ3v) is 7.83. The maximum absolute atomic E-state index is 13.0. The van der Waals surface area contributed by atoms with Crippen LogP contribution < -0.4 is 16.4 Å². The van der Waals surface area contributed by atoms with Crippen molar-refractivity contribution in [3.63, 3.8) is 0 Å². The van der Waals surface area contributed by atoms with Crippen LogP contribution in [-0.2, 0) is 30.4 Å². The predicted molar refractivity (Wildman–Crippen MR) is 154 cm³/mol. The lowest BCUT2D eigenvalue weighted by Crippen LogP contribution is -2.52. The fraction of sp³-hybridized carbons (Fsp3) is 0.633. The van der Waals surface area contributed by atoms with E-state index in [9.17, 15) is 24.0 Å². The molecule has 0 bridgehead atoms. The summed E-state index contributed by atoms with van der Waals surface area (Å²) in [6.07, 6.45) is 4.30. The maximum Gasteiger partial charge on any atom is 0.410 e. The molecule has 0 radical (unpaired) electrons. The first-order valence-corrected chi connectivity index (χ1v) is 14.8. The van der Waals surface area contributed by atoms with E-state index in [4.69, 9.17) is 15.2 Å². The van der Waals surface area contributed by atoms with E-state index in [0.29, 0.717) is 36.4 Å². The number of ether oxygens (including phenoxy) is 2. The number of piperidine rings is 1. The minimum absolute atomic E-state index is 0.0934. The van der Waals surface area contributed by atoms with Gasteiger partial charge in [0.15, 0.2) is 0 Å². The molecule has 1 aromatic carbocycles. The Morgan fingerprint density at radius 1 is 1.10 bits per heavy atom. The number of hydrogen-bond donors (Lipinski definition) is 3. The zero-order valence-electron chi connectivity index (χ0n) is 24.8. The first kappa shape index (κ1) is 31.4. The monoisotopic (exact) mass is 585 g/mol. The second-order valence-corrected chi connectivity index (χ2v) is 12.2. The number of hydrogen-bond acceptors (Lipinski definition) is 8. The lowest BCUT2D eigenvalue weighted by molar-refractivity contribution is -0.137. The van der Waals surface area contributed by atoms with Gasteiger partial charge in [0.2, 0.25) is 17.7 Å². The van der Waals surface area contributed by atoms with Gasteiger partial charge in [-0.2, -0.15) is 0 Å². The van der Waals surface area contributed by atoms with Gasteiger partial charge in [0.25, 0.3) is 5.91 Å². The Morgan fingerprint density at radius 3 is 2.52 bits per heavy atom. The van der Waals surface area contributed by atoms with Crippen LogP contribution >= 0.6 is 0 Å². The van der Waals surface area contributed by atoms with Gasteiger partial charge in [-0.15, -0.1) is 0 Å². The highest BCUT2D eigenvalue weighted by Crippen LogP contribution is 2.32. The highest BCUT2D eigenvalue weighted by molar-refractivity contribution is 6.06. The minimum atomic E-state index is -0.721. The summed E-state index contributed by atoms with van der Waals surface area (Å²) in [5, 5.41) is 5.16. The molecule has 0 aromatic heterocycles. The standard InChI is InChI=1S/C30H43N5O7/c1-30(2,3)42-29(40)34(20-10-8-19(31)9-11-20)15-5-16-41-17-14-26(37)32-23-7-4-6-21-22(23)18-35(28(21)39)24-12-13-25(36)33-27(24)38/h4,6-7,19-20,24H,5,8-18,31H2,1-3H3,(H,32,37)(H,33,36,38). The Balaban J connectivity index is 1.23.